The van der Waals surface area contributed by atoms with Crippen molar-refractivity contribution < 1.29 is 9.84 Å². The number of halogens is 1. The van der Waals surface area contributed by atoms with Crippen molar-refractivity contribution >= 4 is 28.2 Å². The highest BCUT2D eigenvalue weighted by Crippen LogP contribution is 2.28. The number of nitrogens with one attached hydrogen (secondary N) is 1. The molecule has 150 valence electrons. The number of hydrogen-bond acceptors (Lipinski definition) is 6. The lowest BCUT2D eigenvalue weighted by Gasteiger charge is -2.17. The number of rotatable bonds is 7. The van der Waals surface area contributed by atoms with E-state index < -0.39 is 5.60 Å². The molecule has 0 fully saturated rings. The highest BCUT2D eigenvalue weighted by Gasteiger charge is 2.16. The number of aliphatic hydroxyl groups is 1. The van der Waals surface area contributed by atoms with Crippen LogP contribution in [0.15, 0.2) is 36.4 Å². The number of anilines is 1. The van der Waals surface area contributed by atoms with Crippen LogP contribution in [0.4, 0.5) is 5.82 Å². The summed E-state index contributed by atoms with van der Waals surface area (Å²) in [5, 5.41) is 33.6. The lowest BCUT2D eigenvalue weighted by Crippen LogP contribution is -2.19. The number of benzene rings is 2. The molecule has 0 atom stereocenters. The van der Waals surface area contributed by atoms with E-state index in [4.69, 9.17) is 16.3 Å². The molecule has 0 aliphatic carbocycles. The summed E-state index contributed by atoms with van der Waals surface area (Å²) in [6, 6.07) is 13.2. The van der Waals surface area contributed by atoms with Gasteiger partial charge in [0.1, 0.15) is 5.75 Å². The van der Waals surface area contributed by atoms with Gasteiger partial charge in [0.25, 0.3) is 0 Å². The molecule has 0 amide bonds. The Morgan fingerprint density at radius 2 is 1.97 bits per heavy atom. The Balaban J connectivity index is 1.91. The zero-order valence-electron chi connectivity index (χ0n) is 16.7. The van der Waals surface area contributed by atoms with Crippen molar-refractivity contribution in [3.05, 3.63) is 58.2 Å². The SMILES string of the molecule is COc1ccc(CNc2nnc(CCC(C)(C)O)c3ccc(C#N)cc23)cc1Cl. The number of fused-ring (bicyclic) bond motifs is 1. The van der Waals surface area contributed by atoms with Gasteiger partial charge in [0.05, 0.1) is 35.1 Å². The summed E-state index contributed by atoms with van der Waals surface area (Å²) in [5.41, 5.74) is 1.53. The van der Waals surface area contributed by atoms with E-state index in [-0.39, 0.29) is 0 Å². The molecular formula is C22H23ClN4O2. The van der Waals surface area contributed by atoms with Crippen LogP contribution in [0.25, 0.3) is 10.8 Å². The minimum atomic E-state index is -0.787. The number of hydrogen-bond donors (Lipinski definition) is 2. The zero-order valence-corrected chi connectivity index (χ0v) is 17.4. The van der Waals surface area contributed by atoms with Gasteiger partial charge in [0, 0.05) is 17.3 Å². The van der Waals surface area contributed by atoms with Crippen LogP contribution in [0.3, 0.4) is 0 Å². The normalized spacial score (nSPS) is 11.3. The van der Waals surface area contributed by atoms with Crippen LogP contribution in [0.2, 0.25) is 5.02 Å². The Labute approximate surface area is 175 Å². The fraction of sp³-hybridized carbons (Fsp3) is 0.318. The van der Waals surface area contributed by atoms with Gasteiger partial charge in [-0.25, -0.2) is 0 Å². The fourth-order valence-corrected chi connectivity index (χ4v) is 3.30. The number of nitrogens with zero attached hydrogens (tertiary/aromatic N) is 3. The second kappa shape index (κ2) is 8.64. The molecule has 0 saturated heterocycles. The summed E-state index contributed by atoms with van der Waals surface area (Å²) in [4.78, 5) is 0. The standard InChI is InChI=1S/C22H23ClN4O2/c1-22(2,28)9-8-19-16-6-4-14(12-24)10-17(16)21(27-26-19)25-13-15-5-7-20(29-3)18(23)11-15/h4-7,10-11,28H,8-9,13H2,1-3H3,(H,25,27). The molecule has 1 aromatic heterocycles. The average molecular weight is 411 g/mol. The second-order valence-electron chi connectivity index (χ2n) is 7.50. The van der Waals surface area contributed by atoms with E-state index in [2.05, 4.69) is 21.6 Å². The molecule has 1 heterocycles. The first-order valence-electron chi connectivity index (χ1n) is 9.29. The molecule has 0 spiro atoms. The van der Waals surface area contributed by atoms with Crippen molar-refractivity contribution in [2.24, 2.45) is 0 Å². The third kappa shape index (κ3) is 5.14. The minimum absolute atomic E-state index is 0.493. The number of nitriles is 1. The molecule has 3 rings (SSSR count). The monoisotopic (exact) mass is 410 g/mol. The van der Waals surface area contributed by atoms with Crippen LogP contribution in [-0.2, 0) is 13.0 Å². The van der Waals surface area contributed by atoms with Crippen molar-refractivity contribution in [2.45, 2.75) is 38.8 Å². The van der Waals surface area contributed by atoms with Gasteiger partial charge in [-0.3, -0.25) is 0 Å². The topological polar surface area (TPSA) is 91.1 Å². The maximum Gasteiger partial charge on any atom is 0.156 e. The maximum absolute atomic E-state index is 10.0. The van der Waals surface area contributed by atoms with Gasteiger partial charge in [-0.2, -0.15) is 10.4 Å². The van der Waals surface area contributed by atoms with Gasteiger partial charge >= 0.3 is 0 Å². The minimum Gasteiger partial charge on any atom is -0.495 e. The van der Waals surface area contributed by atoms with Gasteiger partial charge in [-0.15, -0.1) is 5.10 Å². The Morgan fingerprint density at radius 3 is 2.62 bits per heavy atom. The number of ether oxygens (including phenoxy) is 1. The number of aromatic nitrogens is 2. The van der Waals surface area contributed by atoms with Crippen LogP contribution in [0, 0.1) is 11.3 Å². The van der Waals surface area contributed by atoms with Crippen LogP contribution in [0.5, 0.6) is 5.75 Å². The first-order valence-corrected chi connectivity index (χ1v) is 9.66. The van der Waals surface area contributed by atoms with Crippen LogP contribution in [-0.4, -0.2) is 28.0 Å². The first-order chi connectivity index (χ1) is 13.8. The molecule has 6 nitrogen and oxygen atoms in total. The number of methoxy groups -OCH3 is 1. The van der Waals surface area contributed by atoms with Gasteiger partial charge in [0.15, 0.2) is 5.82 Å². The summed E-state index contributed by atoms with van der Waals surface area (Å²) in [6.07, 6.45) is 1.15. The molecule has 2 aromatic carbocycles. The van der Waals surface area contributed by atoms with E-state index in [0.29, 0.717) is 41.5 Å². The van der Waals surface area contributed by atoms with E-state index >= 15 is 0 Å². The van der Waals surface area contributed by atoms with Gasteiger partial charge in [0.2, 0.25) is 0 Å². The molecule has 0 saturated carbocycles. The van der Waals surface area contributed by atoms with Crippen LogP contribution >= 0.6 is 11.6 Å². The molecule has 0 aliphatic heterocycles. The van der Waals surface area contributed by atoms with E-state index in [1.165, 1.54) is 0 Å². The Bertz CT molecular complexity index is 1070. The van der Waals surface area contributed by atoms with E-state index in [9.17, 15) is 10.4 Å². The predicted octanol–water partition coefficient (Wildman–Crippen LogP) is 4.48. The van der Waals surface area contributed by atoms with Gasteiger partial charge in [-0.05, 0) is 56.5 Å². The molecule has 0 aliphatic rings. The van der Waals surface area contributed by atoms with Crippen molar-refractivity contribution in [1.29, 1.82) is 5.26 Å². The molecule has 2 N–H and O–H groups in total. The van der Waals surface area contributed by atoms with Crippen LogP contribution < -0.4 is 10.1 Å². The number of aryl methyl sites for hydroxylation is 1. The van der Waals surface area contributed by atoms with E-state index in [0.717, 1.165) is 22.0 Å². The highest BCUT2D eigenvalue weighted by molar-refractivity contribution is 6.32. The molecule has 3 aromatic rings. The quantitative estimate of drug-likeness (QED) is 0.596. The largest absolute Gasteiger partial charge is 0.495 e. The first kappa shape index (κ1) is 20.8. The third-order valence-electron chi connectivity index (χ3n) is 4.64. The lowest BCUT2D eigenvalue weighted by molar-refractivity contribution is 0.0712. The maximum atomic E-state index is 10.0. The average Bonchev–Trinajstić information content (AvgIpc) is 2.70. The highest BCUT2D eigenvalue weighted by atomic mass is 35.5. The molecular weight excluding hydrogens is 388 g/mol. The Kier molecular flexibility index (Phi) is 6.21. The fourth-order valence-electron chi connectivity index (χ4n) is 3.02. The molecule has 29 heavy (non-hydrogen) atoms. The molecule has 0 radical (unpaired) electrons. The third-order valence-corrected chi connectivity index (χ3v) is 4.93. The van der Waals surface area contributed by atoms with Crippen molar-refractivity contribution in [1.82, 2.24) is 10.2 Å². The van der Waals surface area contributed by atoms with Crippen molar-refractivity contribution in [2.75, 3.05) is 12.4 Å². The van der Waals surface area contributed by atoms with Gasteiger partial charge < -0.3 is 15.2 Å². The summed E-state index contributed by atoms with van der Waals surface area (Å²) in [6.45, 7) is 4.03. The summed E-state index contributed by atoms with van der Waals surface area (Å²) >= 11 is 6.20. The predicted molar refractivity (Wildman–Crippen MR) is 114 cm³/mol. The van der Waals surface area contributed by atoms with E-state index in [1.54, 1.807) is 33.1 Å². The zero-order chi connectivity index (χ0) is 21.0. The van der Waals surface area contributed by atoms with E-state index in [1.807, 2.05) is 24.3 Å². The smallest absolute Gasteiger partial charge is 0.156 e. The summed E-state index contributed by atoms with van der Waals surface area (Å²) < 4.78 is 5.18. The van der Waals surface area contributed by atoms with Crippen molar-refractivity contribution in [3.63, 3.8) is 0 Å². The summed E-state index contributed by atoms with van der Waals surface area (Å²) in [5.74, 6) is 1.21. The second-order valence-corrected chi connectivity index (χ2v) is 7.91. The Morgan fingerprint density at radius 1 is 1.17 bits per heavy atom. The lowest BCUT2D eigenvalue weighted by atomic mass is 9.98. The summed E-state index contributed by atoms with van der Waals surface area (Å²) in [7, 11) is 1.58. The van der Waals surface area contributed by atoms with Gasteiger partial charge in [-0.1, -0.05) is 23.7 Å². The van der Waals surface area contributed by atoms with Crippen molar-refractivity contribution in [3.8, 4) is 11.8 Å². The van der Waals surface area contributed by atoms with Crippen LogP contribution in [0.1, 0.15) is 37.1 Å². The molecule has 7 heteroatoms. The Hall–Kier alpha value is -2.88. The molecule has 0 unspecified atom stereocenters. The molecule has 0 bridgehead atoms.